The van der Waals surface area contributed by atoms with Gasteiger partial charge in [0.05, 0.1) is 5.69 Å². The lowest BCUT2D eigenvalue weighted by molar-refractivity contribution is 0.885. The molecule has 0 unspecified atom stereocenters. The van der Waals surface area contributed by atoms with Gasteiger partial charge in [-0.15, -0.1) is 11.3 Å². The number of amidine groups is 1. The number of nitrogens with zero attached hydrogens (tertiary/aromatic N) is 1. The Morgan fingerprint density at radius 2 is 2.21 bits per heavy atom. The minimum Gasteiger partial charge on any atom is -0.384 e. The zero-order valence-electron chi connectivity index (χ0n) is 10.7. The second kappa shape index (κ2) is 6.21. The molecule has 1 heterocycles. The number of hydrogen-bond donors (Lipinski definition) is 2. The van der Waals surface area contributed by atoms with Crippen molar-refractivity contribution in [1.82, 2.24) is 0 Å². The van der Waals surface area contributed by atoms with Gasteiger partial charge in [-0.3, -0.25) is 5.41 Å². The Bertz CT molecular complexity index is 566. The first-order chi connectivity index (χ1) is 9.08. The molecule has 1 aromatic carbocycles. The molecule has 0 spiro atoms. The van der Waals surface area contributed by atoms with Gasteiger partial charge in [0.1, 0.15) is 5.84 Å². The molecular weight excluding hydrogens is 322 g/mol. The van der Waals surface area contributed by atoms with Crippen LogP contribution in [-0.2, 0) is 6.42 Å². The Morgan fingerprint density at radius 1 is 1.42 bits per heavy atom. The molecule has 2 aromatic rings. The predicted molar refractivity (Wildman–Crippen MR) is 86.5 cm³/mol. The second-order valence-corrected chi connectivity index (χ2v) is 6.22. The zero-order valence-corrected chi connectivity index (χ0v) is 13.1. The van der Waals surface area contributed by atoms with Crippen LogP contribution >= 0.6 is 27.3 Å². The standard InChI is InChI=1S/C14H16BrN3S/c1-18(7-6-11-3-2-8-19-11)13-5-4-10(14(16)17)9-12(13)15/h2-5,8-9H,6-7H2,1H3,(H3,16,17). The fraction of sp³-hybridized carbons (Fsp3) is 0.214. The predicted octanol–water partition coefficient (Wildman–Crippen LogP) is 3.47. The molecule has 0 saturated heterocycles. The van der Waals surface area contributed by atoms with Crippen molar-refractivity contribution in [2.24, 2.45) is 5.73 Å². The average molecular weight is 338 g/mol. The zero-order chi connectivity index (χ0) is 13.8. The van der Waals surface area contributed by atoms with Crippen molar-refractivity contribution < 1.29 is 0 Å². The minimum atomic E-state index is 0.0912. The van der Waals surface area contributed by atoms with Gasteiger partial charge in [-0.2, -0.15) is 0 Å². The third-order valence-corrected chi connectivity index (χ3v) is 4.51. The van der Waals surface area contributed by atoms with Crippen molar-refractivity contribution >= 4 is 38.8 Å². The molecule has 5 heteroatoms. The monoisotopic (exact) mass is 337 g/mol. The summed E-state index contributed by atoms with van der Waals surface area (Å²) in [7, 11) is 2.07. The van der Waals surface area contributed by atoms with Gasteiger partial charge in [0.25, 0.3) is 0 Å². The molecule has 3 nitrogen and oxygen atoms in total. The van der Waals surface area contributed by atoms with Crippen LogP contribution in [0, 0.1) is 5.41 Å². The highest BCUT2D eigenvalue weighted by atomic mass is 79.9. The molecule has 1 aromatic heterocycles. The lowest BCUT2D eigenvalue weighted by Gasteiger charge is -2.21. The molecule has 0 radical (unpaired) electrons. The van der Waals surface area contributed by atoms with E-state index in [9.17, 15) is 0 Å². The van der Waals surface area contributed by atoms with E-state index in [1.54, 1.807) is 11.3 Å². The lowest BCUT2D eigenvalue weighted by atomic mass is 10.2. The second-order valence-electron chi connectivity index (χ2n) is 4.33. The summed E-state index contributed by atoms with van der Waals surface area (Å²) < 4.78 is 0.967. The van der Waals surface area contributed by atoms with Crippen LogP contribution in [0.1, 0.15) is 10.4 Å². The molecule has 100 valence electrons. The van der Waals surface area contributed by atoms with E-state index >= 15 is 0 Å². The molecule has 0 aliphatic heterocycles. The molecule has 0 fully saturated rings. The number of nitrogens with one attached hydrogen (secondary N) is 1. The summed E-state index contributed by atoms with van der Waals surface area (Å²) in [6, 6.07) is 10.0. The quantitative estimate of drug-likeness (QED) is 0.648. The first kappa shape index (κ1) is 14.1. The Balaban J connectivity index is 2.06. The van der Waals surface area contributed by atoms with E-state index in [-0.39, 0.29) is 5.84 Å². The van der Waals surface area contributed by atoms with Gasteiger partial charge in [-0.1, -0.05) is 6.07 Å². The SMILES string of the molecule is CN(CCc1cccs1)c1ccc(C(=N)N)cc1Br. The van der Waals surface area contributed by atoms with Crippen molar-refractivity contribution in [2.75, 3.05) is 18.5 Å². The minimum absolute atomic E-state index is 0.0912. The lowest BCUT2D eigenvalue weighted by Crippen LogP contribution is -2.21. The van der Waals surface area contributed by atoms with Crippen molar-refractivity contribution in [2.45, 2.75) is 6.42 Å². The van der Waals surface area contributed by atoms with Crippen LogP contribution in [0.3, 0.4) is 0 Å². The van der Waals surface area contributed by atoms with E-state index in [0.717, 1.165) is 28.7 Å². The van der Waals surface area contributed by atoms with E-state index in [4.69, 9.17) is 11.1 Å². The van der Waals surface area contributed by atoms with Crippen molar-refractivity contribution in [3.63, 3.8) is 0 Å². The van der Waals surface area contributed by atoms with Crippen LogP contribution in [0.2, 0.25) is 0 Å². The number of nitrogens with two attached hydrogens (primary N) is 1. The molecule has 0 saturated carbocycles. The largest absolute Gasteiger partial charge is 0.384 e. The smallest absolute Gasteiger partial charge is 0.122 e. The molecule has 19 heavy (non-hydrogen) atoms. The maximum Gasteiger partial charge on any atom is 0.122 e. The van der Waals surface area contributed by atoms with Gasteiger partial charge < -0.3 is 10.6 Å². The van der Waals surface area contributed by atoms with Gasteiger partial charge in [-0.05, 0) is 52.0 Å². The van der Waals surface area contributed by atoms with Gasteiger partial charge in [-0.25, -0.2) is 0 Å². The maximum absolute atomic E-state index is 7.43. The molecule has 0 atom stereocenters. The molecule has 0 aliphatic rings. The van der Waals surface area contributed by atoms with E-state index in [2.05, 4.69) is 45.4 Å². The van der Waals surface area contributed by atoms with E-state index in [1.165, 1.54) is 4.88 Å². The van der Waals surface area contributed by atoms with Gasteiger partial charge in [0.2, 0.25) is 0 Å². The average Bonchev–Trinajstić information content (AvgIpc) is 2.88. The molecular formula is C14H16BrN3S. The molecule has 0 amide bonds. The van der Waals surface area contributed by atoms with E-state index in [1.807, 2.05) is 18.2 Å². The highest BCUT2D eigenvalue weighted by Gasteiger charge is 2.08. The summed E-state index contributed by atoms with van der Waals surface area (Å²) >= 11 is 5.33. The highest BCUT2D eigenvalue weighted by Crippen LogP contribution is 2.26. The maximum atomic E-state index is 7.43. The normalized spacial score (nSPS) is 10.4. The summed E-state index contributed by atoms with van der Waals surface area (Å²) in [5, 5.41) is 9.53. The summed E-state index contributed by atoms with van der Waals surface area (Å²) in [5.74, 6) is 0.0912. The number of thiophene rings is 1. The van der Waals surface area contributed by atoms with Crippen LogP contribution in [0.4, 0.5) is 5.69 Å². The van der Waals surface area contributed by atoms with Crippen LogP contribution in [0.25, 0.3) is 0 Å². The topological polar surface area (TPSA) is 53.1 Å². The molecule has 2 rings (SSSR count). The molecule has 0 bridgehead atoms. The van der Waals surface area contributed by atoms with Crippen LogP contribution < -0.4 is 10.6 Å². The number of anilines is 1. The number of likely N-dealkylation sites (N-methyl/N-ethyl adjacent to an activating group) is 1. The Hall–Kier alpha value is -1.33. The number of benzene rings is 1. The Labute approximate surface area is 125 Å². The number of nitrogen functional groups attached to an aromatic ring is 1. The van der Waals surface area contributed by atoms with Crippen molar-refractivity contribution in [1.29, 1.82) is 5.41 Å². The highest BCUT2D eigenvalue weighted by molar-refractivity contribution is 9.10. The summed E-state index contributed by atoms with van der Waals surface area (Å²) in [4.78, 5) is 3.59. The van der Waals surface area contributed by atoms with Crippen molar-refractivity contribution in [3.05, 3.63) is 50.6 Å². The third-order valence-electron chi connectivity index (χ3n) is 2.94. The summed E-state index contributed by atoms with van der Waals surface area (Å²) in [5.41, 5.74) is 7.33. The fourth-order valence-electron chi connectivity index (χ4n) is 1.84. The van der Waals surface area contributed by atoms with Gasteiger partial charge in [0, 0.05) is 28.5 Å². The number of halogens is 1. The number of hydrogen-bond acceptors (Lipinski definition) is 3. The third kappa shape index (κ3) is 3.58. The first-order valence-electron chi connectivity index (χ1n) is 5.95. The van der Waals surface area contributed by atoms with Crippen LogP contribution in [0.15, 0.2) is 40.2 Å². The van der Waals surface area contributed by atoms with Gasteiger partial charge >= 0.3 is 0 Å². The fourth-order valence-corrected chi connectivity index (χ4v) is 3.22. The summed E-state index contributed by atoms with van der Waals surface area (Å²) in [6.45, 7) is 0.957. The molecule has 0 aliphatic carbocycles. The Morgan fingerprint density at radius 3 is 2.79 bits per heavy atom. The van der Waals surface area contributed by atoms with Crippen LogP contribution in [-0.4, -0.2) is 19.4 Å². The first-order valence-corrected chi connectivity index (χ1v) is 7.62. The van der Waals surface area contributed by atoms with E-state index in [0.29, 0.717) is 0 Å². The summed E-state index contributed by atoms with van der Waals surface area (Å²) in [6.07, 6.45) is 1.04. The number of rotatable bonds is 5. The van der Waals surface area contributed by atoms with Crippen molar-refractivity contribution in [3.8, 4) is 0 Å². The Kier molecular flexibility index (Phi) is 4.61. The molecule has 3 N–H and O–H groups in total. The van der Waals surface area contributed by atoms with Gasteiger partial charge in [0.15, 0.2) is 0 Å². The van der Waals surface area contributed by atoms with E-state index < -0.39 is 0 Å². The van der Waals surface area contributed by atoms with Crippen LogP contribution in [0.5, 0.6) is 0 Å².